The van der Waals surface area contributed by atoms with Gasteiger partial charge in [-0.25, -0.2) is 5.84 Å². The van der Waals surface area contributed by atoms with E-state index in [1.165, 1.54) is 0 Å². The average molecular weight is 273 g/mol. The zero-order valence-corrected chi connectivity index (χ0v) is 12.2. The Bertz CT molecular complexity index is 307. The minimum Gasteiger partial charge on any atom is -0.342 e. The Morgan fingerprint density at radius 2 is 1.89 bits per heavy atom. The van der Waals surface area contributed by atoms with E-state index in [4.69, 9.17) is 5.84 Å². The molecule has 0 aromatic carbocycles. The van der Waals surface area contributed by atoms with E-state index < -0.39 is 0 Å². The molecule has 5 nitrogen and oxygen atoms in total. The van der Waals surface area contributed by atoms with Gasteiger partial charge in [-0.15, -0.1) is 11.8 Å². The molecule has 0 radical (unpaired) electrons. The largest absolute Gasteiger partial charge is 0.342 e. The summed E-state index contributed by atoms with van der Waals surface area (Å²) < 4.78 is 0.105. The summed E-state index contributed by atoms with van der Waals surface area (Å²) in [4.78, 5) is 25.2. The first-order valence-electron chi connectivity index (χ1n) is 6.25. The SMILES string of the molecule is CC(C)(C)SCC(=O)N1CCC(C(=O)NN)CC1. The van der Waals surface area contributed by atoms with E-state index in [1.54, 1.807) is 11.8 Å². The molecule has 0 aromatic heterocycles. The average Bonchev–Trinajstić information content (AvgIpc) is 2.34. The third-order valence-electron chi connectivity index (χ3n) is 2.99. The van der Waals surface area contributed by atoms with Crippen molar-refractivity contribution in [2.75, 3.05) is 18.8 Å². The van der Waals surface area contributed by atoms with Gasteiger partial charge in [0.15, 0.2) is 0 Å². The highest BCUT2D eigenvalue weighted by Crippen LogP contribution is 2.24. The van der Waals surface area contributed by atoms with Gasteiger partial charge in [-0.1, -0.05) is 20.8 Å². The summed E-state index contributed by atoms with van der Waals surface area (Å²) in [6.45, 7) is 7.61. The molecule has 1 aliphatic rings. The number of hydrazine groups is 1. The van der Waals surface area contributed by atoms with Crippen molar-refractivity contribution in [1.29, 1.82) is 0 Å². The van der Waals surface area contributed by atoms with Gasteiger partial charge in [0.05, 0.1) is 5.75 Å². The Hall–Kier alpha value is -0.750. The highest BCUT2D eigenvalue weighted by molar-refractivity contribution is 8.01. The molecule has 104 valence electrons. The van der Waals surface area contributed by atoms with Crippen molar-refractivity contribution in [3.05, 3.63) is 0 Å². The number of rotatable bonds is 3. The predicted octanol–water partition coefficient (Wildman–Crippen LogP) is 0.747. The van der Waals surface area contributed by atoms with Crippen LogP contribution < -0.4 is 11.3 Å². The highest BCUT2D eigenvalue weighted by atomic mass is 32.2. The fourth-order valence-corrected chi connectivity index (χ4v) is 2.62. The van der Waals surface area contributed by atoms with Crippen LogP contribution in [0, 0.1) is 5.92 Å². The lowest BCUT2D eigenvalue weighted by Crippen LogP contribution is -2.45. The summed E-state index contributed by atoms with van der Waals surface area (Å²) >= 11 is 1.66. The molecule has 3 N–H and O–H groups in total. The van der Waals surface area contributed by atoms with Crippen molar-refractivity contribution in [2.45, 2.75) is 38.4 Å². The number of thioether (sulfide) groups is 1. The number of carbonyl (C=O) groups is 2. The van der Waals surface area contributed by atoms with Crippen LogP contribution in [-0.2, 0) is 9.59 Å². The fourth-order valence-electron chi connectivity index (χ4n) is 1.88. The van der Waals surface area contributed by atoms with Crippen molar-refractivity contribution in [1.82, 2.24) is 10.3 Å². The summed E-state index contributed by atoms with van der Waals surface area (Å²) in [6.07, 6.45) is 1.41. The van der Waals surface area contributed by atoms with E-state index in [1.807, 2.05) is 4.90 Å². The van der Waals surface area contributed by atoms with Gasteiger partial charge >= 0.3 is 0 Å². The molecule has 0 saturated carbocycles. The Labute approximate surface area is 113 Å². The number of nitrogens with one attached hydrogen (secondary N) is 1. The van der Waals surface area contributed by atoms with Crippen molar-refractivity contribution < 1.29 is 9.59 Å². The molecular formula is C12H23N3O2S. The van der Waals surface area contributed by atoms with Crippen LogP contribution in [0.2, 0.25) is 0 Å². The third kappa shape index (κ3) is 4.86. The first-order chi connectivity index (χ1) is 8.33. The third-order valence-corrected chi connectivity index (χ3v) is 4.25. The van der Waals surface area contributed by atoms with Crippen molar-refractivity contribution in [3.8, 4) is 0 Å². The van der Waals surface area contributed by atoms with E-state index in [9.17, 15) is 9.59 Å². The summed E-state index contributed by atoms with van der Waals surface area (Å²) in [5, 5.41) is 0. The van der Waals surface area contributed by atoms with E-state index in [0.717, 1.165) is 0 Å². The molecule has 1 fully saturated rings. The van der Waals surface area contributed by atoms with Crippen molar-refractivity contribution in [3.63, 3.8) is 0 Å². The first kappa shape index (κ1) is 15.3. The second kappa shape index (κ2) is 6.43. The number of nitrogens with zero attached hydrogens (tertiary/aromatic N) is 1. The van der Waals surface area contributed by atoms with Crippen LogP contribution >= 0.6 is 11.8 Å². The maximum Gasteiger partial charge on any atom is 0.237 e. The second-order valence-corrected chi connectivity index (χ2v) is 7.37. The number of likely N-dealkylation sites (tertiary alicyclic amines) is 1. The van der Waals surface area contributed by atoms with Gasteiger partial charge in [-0.3, -0.25) is 15.0 Å². The van der Waals surface area contributed by atoms with E-state index in [-0.39, 0.29) is 22.5 Å². The highest BCUT2D eigenvalue weighted by Gasteiger charge is 2.27. The van der Waals surface area contributed by atoms with Crippen LogP contribution in [0.5, 0.6) is 0 Å². The van der Waals surface area contributed by atoms with Gasteiger partial charge in [0.1, 0.15) is 0 Å². The molecule has 1 aliphatic heterocycles. The van der Waals surface area contributed by atoms with E-state index in [2.05, 4.69) is 26.2 Å². The molecule has 1 saturated heterocycles. The van der Waals surface area contributed by atoms with Gasteiger partial charge in [-0.05, 0) is 12.8 Å². The Morgan fingerprint density at radius 3 is 2.33 bits per heavy atom. The van der Waals surface area contributed by atoms with Gasteiger partial charge < -0.3 is 4.90 Å². The molecule has 0 aromatic rings. The molecule has 0 bridgehead atoms. The number of hydrogen-bond donors (Lipinski definition) is 2. The second-order valence-electron chi connectivity index (χ2n) is 5.56. The quantitative estimate of drug-likeness (QED) is 0.452. The smallest absolute Gasteiger partial charge is 0.237 e. The molecule has 0 spiro atoms. The number of carbonyl (C=O) groups excluding carboxylic acids is 2. The fraction of sp³-hybridized carbons (Fsp3) is 0.833. The van der Waals surface area contributed by atoms with Gasteiger partial charge in [0.25, 0.3) is 0 Å². The molecule has 0 unspecified atom stereocenters. The minimum absolute atomic E-state index is 0.0469. The summed E-state index contributed by atoms with van der Waals surface area (Å²) in [6, 6.07) is 0. The first-order valence-corrected chi connectivity index (χ1v) is 7.24. The van der Waals surface area contributed by atoms with Gasteiger partial charge in [0.2, 0.25) is 11.8 Å². The molecule has 0 atom stereocenters. The lowest BCUT2D eigenvalue weighted by molar-refractivity contribution is -0.133. The molecule has 1 rings (SSSR count). The minimum atomic E-state index is -0.119. The lowest BCUT2D eigenvalue weighted by atomic mass is 9.96. The maximum absolute atomic E-state index is 12.0. The Kier molecular flexibility index (Phi) is 5.47. The summed E-state index contributed by atoms with van der Waals surface area (Å²) in [5.41, 5.74) is 2.18. The number of piperidine rings is 1. The zero-order chi connectivity index (χ0) is 13.8. The zero-order valence-electron chi connectivity index (χ0n) is 11.4. The van der Waals surface area contributed by atoms with Crippen LogP contribution in [0.3, 0.4) is 0 Å². The predicted molar refractivity (Wildman–Crippen MR) is 73.8 cm³/mol. The number of hydrogen-bond acceptors (Lipinski definition) is 4. The summed E-state index contributed by atoms with van der Waals surface area (Å²) in [5.74, 6) is 5.62. The lowest BCUT2D eigenvalue weighted by Gasteiger charge is -2.31. The monoisotopic (exact) mass is 273 g/mol. The normalized spacial score (nSPS) is 17.7. The van der Waals surface area contributed by atoms with Crippen LogP contribution in [0.4, 0.5) is 0 Å². The molecule has 0 aliphatic carbocycles. The van der Waals surface area contributed by atoms with E-state index in [0.29, 0.717) is 31.7 Å². The van der Waals surface area contributed by atoms with Crippen LogP contribution in [0.15, 0.2) is 0 Å². The number of amides is 2. The van der Waals surface area contributed by atoms with Gasteiger partial charge in [-0.2, -0.15) is 0 Å². The van der Waals surface area contributed by atoms with Crippen LogP contribution in [0.25, 0.3) is 0 Å². The molecular weight excluding hydrogens is 250 g/mol. The van der Waals surface area contributed by atoms with Crippen molar-refractivity contribution >= 4 is 23.6 Å². The molecule has 1 heterocycles. The Morgan fingerprint density at radius 1 is 1.33 bits per heavy atom. The van der Waals surface area contributed by atoms with Gasteiger partial charge in [0, 0.05) is 23.8 Å². The Balaban J connectivity index is 2.34. The molecule has 2 amide bonds. The molecule has 18 heavy (non-hydrogen) atoms. The number of nitrogens with two attached hydrogens (primary N) is 1. The van der Waals surface area contributed by atoms with Crippen LogP contribution in [-0.4, -0.2) is 40.3 Å². The maximum atomic E-state index is 12.0. The van der Waals surface area contributed by atoms with E-state index >= 15 is 0 Å². The standard InChI is InChI=1S/C12H23N3O2S/c1-12(2,3)18-8-10(16)15-6-4-9(5-7-15)11(17)14-13/h9H,4-8,13H2,1-3H3,(H,14,17). The van der Waals surface area contributed by atoms with Crippen molar-refractivity contribution in [2.24, 2.45) is 11.8 Å². The van der Waals surface area contributed by atoms with Crippen LogP contribution in [0.1, 0.15) is 33.6 Å². The topological polar surface area (TPSA) is 75.4 Å². The molecule has 6 heteroatoms. The summed E-state index contributed by atoms with van der Waals surface area (Å²) in [7, 11) is 0.